The fraction of sp³-hybridized carbons (Fsp3) is 0.941. The van der Waals surface area contributed by atoms with Crippen LogP contribution in [-0.2, 0) is 4.79 Å². The first kappa shape index (κ1) is 18.4. The lowest BCUT2D eigenvalue weighted by atomic mass is 9.88. The second-order valence-corrected chi connectivity index (χ2v) is 6.95. The maximum Gasteiger partial charge on any atom is 0.224 e. The van der Waals surface area contributed by atoms with E-state index in [1.165, 1.54) is 12.8 Å². The number of rotatable bonds is 7. The molecule has 1 aliphatic heterocycles. The van der Waals surface area contributed by atoms with Crippen molar-refractivity contribution in [3.8, 4) is 0 Å². The maximum atomic E-state index is 12.3. The highest BCUT2D eigenvalue weighted by Gasteiger charge is 2.27. The average molecular weight is 298 g/mol. The Hall–Kier alpha value is -0.610. The van der Waals surface area contributed by atoms with E-state index in [1.54, 1.807) is 0 Å². The topological polar surface area (TPSA) is 52.6 Å². The Bertz CT molecular complexity index is 310. The number of nitrogens with one attached hydrogen (secondary N) is 1. The van der Waals surface area contributed by atoms with Crippen LogP contribution in [0.15, 0.2) is 0 Å². The summed E-state index contributed by atoms with van der Waals surface area (Å²) in [6, 6.07) is 0.108. The number of aliphatic hydroxyl groups is 1. The van der Waals surface area contributed by atoms with Crippen LogP contribution in [0.2, 0.25) is 0 Å². The predicted molar refractivity (Wildman–Crippen MR) is 87.2 cm³/mol. The molecule has 3 atom stereocenters. The molecular weight excluding hydrogens is 264 g/mol. The van der Waals surface area contributed by atoms with E-state index in [2.05, 4.69) is 19.2 Å². The van der Waals surface area contributed by atoms with Crippen molar-refractivity contribution in [3.05, 3.63) is 0 Å². The van der Waals surface area contributed by atoms with Crippen molar-refractivity contribution < 1.29 is 9.90 Å². The largest absolute Gasteiger partial charge is 0.389 e. The van der Waals surface area contributed by atoms with Crippen molar-refractivity contribution in [1.82, 2.24) is 10.2 Å². The summed E-state index contributed by atoms with van der Waals surface area (Å²) in [6.45, 7) is 10.4. The van der Waals surface area contributed by atoms with Gasteiger partial charge in [-0.15, -0.1) is 0 Å². The zero-order valence-electron chi connectivity index (χ0n) is 14.3. The molecule has 0 radical (unpaired) electrons. The summed E-state index contributed by atoms with van der Waals surface area (Å²) in [5.41, 5.74) is -0.714. The Morgan fingerprint density at radius 3 is 2.33 bits per heavy atom. The number of hydrogen-bond acceptors (Lipinski definition) is 3. The molecule has 21 heavy (non-hydrogen) atoms. The SMILES string of the molecule is CCC(C)C(C)(O)CNC(C)CC(=O)N1CCCCCC1. The van der Waals surface area contributed by atoms with Gasteiger partial charge in [0, 0.05) is 32.1 Å². The first-order chi connectivity index (χ1) is 9.86. The van der Waals surface area contributed by atoms with E-state index < -0.39 is 5.60 Å². The van der Waals surface area contributed by atoms with Gasteiger partial charge in [0.15, 0.2) is 0 Å². The number of carbonyl (C=O) groups is 1. The highest BCUT2D eigenvalue weighted by atomic mass is 16.3. The minimum absolute atomic E-state index is 0.108. The molecule has 1 rings (SSSR count). The highest BCUT2D eigenvalue weighted by molar-refractivity contribution is 5.76. The van der Waals surface area contributed by atoms with Crippen molar-refractivity contribution in [2.24, 2.45) is 5.92 Å². The van der Waals surface area contributed by atoms with Gasteiger partial charge < -0.3 is 15.3 Å². The minimum Gasteiger partial charge on any atom is -0.389 e. The zero-order chi connectivity index (χ0) is 15.9. The third-order valence-electron chi connectivity index (χ3n) is 4.92. The van der Waals surface area contributed by atoms with Crippen LogP contribution >= 0.6 is 0 Å². The summed E-state index contributed by atoms with van der Waals surface area (Å²) in [6.07, 6.45) is 6.24. The third kappa shape index (κ3) is 6.35. The Kier molecular flexibility index (Phi) is 7.67. The molecule has 0 aromatic carbocycles. The molecule has 0 bridgehead atoms. The summed E-state index contributed by atoms with van der Waals surface area (Å²) < 4.78 is 0. The molecule has 1 aliphatic rings. The van der Waals surface area contributed by atoms with Gasteiger partial charge in [-0.25, -0.2) is 0 Å². The number of nitrogens with zero attached hydrogens (tertiary/aromatic N) is 1. The molecule has 1 fully saturated rings. The lowest BCUT2D eigenvalue weighted by Crippen LogP contribution is -2.47. The van der Waals surface area contributed by atoms with Crippen LogP contribution in [0.3, 0.4) is 0 Å². The van der Waals surface area contributed by atoms with Crippen molar-refractivity contribution in [2.75, 3.05) is 19.6 Å². The van der Waals surface area contributed by atoms with E-state index in [-0.39, 0.29) is 17.9 Å². The first-order valence-corrected chi connectivity index (χ1v) is 8.60. The van der Waals surface area contributed by atoms with E-state index in [1.807, 2.05) is 18.7 Å². The highest BCUT2D eigenvalue weighted by Crippen LogP contribution is 2.19. The summed E-state index contributed by atoms with van der Waals surface area (Å²) in [5, 5.41) is 13.7. The van der Waals surface area contributed by atoms with Crippen LogP contribution < -0.4 is 5.32 Å². The van der Waals surface area contributed by atoms with Gasteiger partial charge in [0.05, 0.1) is 5.60 Å². The number of likely N-dealkylation sites (tertiary alicyclic amines) is 1. The first-order valence-electron chi connectivity index (χ1n) is 8.60. The van der Waals surface area contributed by atoms with Crippen LogP contribution in [0.5, 0.6) is 0 Å². The molecule has 0 aromatic heterocycles. The molecule has 1 heterocycles. The van der Waals surface area contributed by atoms with E-state index in [4.69, 9.17) is 0 Å². The normalized spacial score (nSPS) is 22.2. The van der Waals surface area contributed by atoms with Gasteiger partial charge in [0.25, 0.3) is 0 Å². The molecule has 1 amide bonds. The van der Waals surface area contributed by atoms with Crippen molar-refractivity contribution in [3.63, 3.8) is 0 Å². The Balaban J connectivity index is 2.35. The number of hydrogen-bond donors (Lipinski definition) is 2. The fourth-order valence-electron chi connectivity index (χ4n) is 2.78. The monoisotopic (exact) mass is 298 g/mol. The van der Waals surface area contributed by atoms with Crippen LogP contribution in [0, 0.1) is 5.92 Å². The summed E-state index contributed by atoms with van der Waals surface area (Å²) in [5.74, 6) is 0.499. The number of carbonyl (C=O) groups excluding carboxylic acids is 1. The minimum atomic E-state index is -0.714. The van der Waals surface area contributed by atoms with E-state index in [0.29, 0.717) is 13.0 Å². The summed E-state index contributed by atoms with van der Waals surface area (Å²) in [4.78, 5) is 14.3. The lowest BCUT2D eigenvalue weighted by Gasteiger charge is -2.31. The molecule has 0 aromatic rings. The maximum absolute atomic E-state index is 12.3. The molecule has 0 saturated carbocycles. The Morgan fingerprint density at radius 2 is 1.81 bits per heavy atom. The Morgan fingerprint density at radius 1 is 1.24 bits per heavy atom. The van der Waals surface area contributed by atoms with Crippen molar-refractivity contribution in [1.29, 1.82) is 0 Å². The molecular formula is C17H34N2O2. The number of amides is 1. The predicted octanol–water partition coefficient (Wildman–Crippen LogP) is 2.55. The molecule has 0 aliphatic carbocycles. The van der Waals surface area contributed by atoms with Gasteiger partial charge in [0.2, 0.25) is 5.91 Å². The molecule has 4 heteroatoms. The van der Waals surface area contributed by atoms with Crippen LogP contribution in [0.4, 0.5) is 0 Å². The van der Waals surface area contributed by atoms with E-state index >= 15 is 0 Å². The Labute approximate surface area is 130 Å². The molecule has 1 saturated heterocycles. The van der Waals surface area contributed by atoms with Gasteiger partial charge in [-0.3, -0.25) is 4.79 Å². The van der Waals surface area contributed by atoms with Crippen LogP contribution in [-0.4, -0.2) is 47.2 Å². The standard InChI is InChI=1S/C17H34N2O2/c1-5-14(2)17(4,21)13-18-15(3)12-16(20)19-10-8-6-7-9-11-19/h14-15,18,21H,5-13H2,1-4H3. The van der Waals surface area contributed by atoms with Crippen LogP contribution in [0.25, 0.3) is 0 Å². The van der Waals surface area contributed by atoms with Gasteiger partial charge in [-0.2, -0.15) is 0 Å². The van der Waals surface area contributed by atoms with E-state index in [9.17, 15) is 9.90 Å². The van der Waals surface area contributed by atoms with Gasteiger partial charge in [0.1, 0.15) is 0 Å². The molecule has 4 nitrogen and oxygen atoms in total. The van der Waals surface area contributed by atoms with E-state index in [0.717, 1.165) is 32.4 Å². The van der Waals surface area contributed by atoms with Gasteiger partial charge in [-0.1, -0.05) is 33.1 Å². The molecule has 3 unspecified atom stereocenters. The lowest BCUT2D eigenvalue weighted by molar-refractivity contribution is -0.131. The molecule has 2 N–H and O–H groups in total. The summed E-state index contributed by atoms with van der Waals surface area (Å²) in [7, 11) is 0. The molecule has 0 spiro atoms. The second kappa shape index (κ2) is 8.74. The van der Waals surface area contributed by atoms with Crippen molar-refractivity contribution >= 4 is 5.91 Å². The molecule has 124 valence electrons. The fourth-order valence-corrected chi connectivity index (χ4v) is 2.78. The summed E-state index contributed by atoms with van der Waals surface area (Å²) >= 11 is 0. The average Bonchev–Trinajstić information content (AvgIpc) is 2.73. The van der Waals surface area contributed by atoms with Crippen molar-refractivity contribution in [2.45, 2.75) is 77.9 Å². The van der Waals surface area contributed by atoms with Crippen LogP contribution in [0.1, 0.15) is 66.2 Å². The van der Waals surface area contributed by atoms with Gasteiger partial charge in [-0.05, 0) is 32.6 Å². The van der Waals surface area contributed by atoms with Gasteiger partial charge >= 0.3 is 0 Å². The quantitative estimate of drug-likeness (QED) is 0.759. The third-order valence-corrected chi connectivity index (χ3v) is 4.92. The second-order valence-electron chi connectivity index (χ2n) is 6.95. The zero-order valence-corrected chi connectivity index (χ0v) is 14.3. The smallest absolute Gasteiger partial charge is 0.224 e.